The van der Waals surface area contributed by atoms with Crippen LogP contribution in [-0.4, -0.2) is 26.0 Å². The number of hydrogen-bond donors (Lipinski definition) is 0. The van der Waals surface area contributed by atoms with Crippen molar-refractivity contribution in [2.45, 2.75) is 18.4 Å². The molecular formula is C18H15N3O5S. The van der Waals surface area contributed by atoms with Crippen molar-refractivity contribution in [1.82, 2.24) is 9.38 Å². The maximum Gasteiger partial charge on any atom is 0.316 e. The smallest absolute Gasteiger partial charge is 0.316 e. The molecule has 0 unspecified atom stereocenters. The molecule has 3 rings (SSSR count). The lowest BCUT2D eigenvalue weighted by atomic mass is 10.3. The van der Waals surface area contributed by atoms with Crippen molar-refractivity contribution < 1.29 is 14.5 Å². The Morgan fingerprint density at radius 3 is 2.74 bits per heavy atom. The number of pyridine rings is 1. The van der Waals surface area contributed by atoms with E-state index in [0.29, 0.717) is 11.3 Å². The van der Waals surface area contributed by atoms with Crippen LogP contribution in [0.15, 0.2) is 58.4 Å². The highest BCUT2D eigenvalue weighted by atomic mass is 32.2. The van der Waals surface area contributed by atoms with Crippen LogP contribution in [0.2, 0.25) is 0 Å². The standard InChI is InChI=1S/C18H15N3O5S/c1-12-3-2-8-20-16(22)9-13(19-18(12)20)10-26-17(23)11-27-15-6-4-14(5-7-15)21(24)25/h2-9H,10-11H2,1H3. The Kier molecular flexibility index (Phi) is 5.51. The highest BCUT2D eigenvalue weighted by Crippen LogP contribution is 2.21. The Hall–Kier alpha value is -3.20. The number of carbonyl (C=O) groups excluding carboxylic acids is 1. The van der Waals surface area contributed by atoms with Crippen molar-refractivity contribution in [3.8, 4) is 0 Å². The van der Waals surface area contributed by atoms with Gasteiger partial charge in [0.15, 0.2) is 0 Å². The number of aryl methyl sites for hydroxylation is 1. The van der Waals surface area contributed by atoms with Crippen LogP contribution in [0.5, 0.6) is 0 Å². The lowest BCUT2D eigenvalue weighted by Crippen LogP contribution is -2.17. The molecule has 0 bridgehead atoms. The molecule has 1 aromatic carbocycles. The van der Waals surface area contributed by atoms with Gasteiger partial charge in [-0.15, -0.1) is 11.8 Å². The van der Waals surface area contributed by atoms with Gasteiger partial charge in [-0.3, -0.25) is 24.1 Å². The fraction of sp³-hybridized carbons (Fsp3) is 0.167. The first-order valence-corrected chi connectivity index (χ1v) is 8.93. The predicted octanol–water partition coefficient (Wildman–Crippen LogP) is 2.75. The third-order valence-corrected chi connectivity index (χ3v) is 4.71. The zero-order chi connectivity index (χ0) is 19.4. The number of fused-ring (bicyclic) bond motifs is 1. The number of thioether (sulfide) groups is 1. The number of aromatic nitrogens is 2. The number of ether oxygens (including phenoxy) is 1. The van der Waals surface area contributed by atoms with Crippen LogP contribution in [0.25, 0.3) is 5.65 Å². The molecule has 0 radical (unpaired) electrons. The summed E-state index contributed by atoms with van der Waals surface area (Å²) in [5.41, 5.74) is 1.50. The number of nitro benzene ring substituents is 1. The number of nitrogens with zero attached hydrogens (tertiary/aromatic N) is 3. The fourth-order valence-electron chi connectivity index (χ4n) is 2.39. The van der Waals surface area contributed by atoms with Crippen molar-refractivity contribution in [2.24, 2.45) is 0 Å². The van der Waals surface area contributed by atoms with Crippen LogP contribution < -0.4 is 5.56 Å². The van der Waals surface area contributed by atoms with Crippen LogP contribution in [0.4, 0.5) is 5.69 Å². The van der Waals surface area contributed by atoms with Gasteiger partial charge in [-0.2, -0.15) is 0 Å². The Bertz CT molecular complexity index is 1060. The lowest BCUT2D eigenvalue weighted by molar-refractivity contribution is -0.384. The van der Waals surface area contributed by atoms with Gasteiger partial charge >= 0.3 is 5.97 Å². The zero-order valence-electron chi connectivity index (χ0n) is 14.3. The van der Waals surface area contributed by atoms with E-state index in [1.165, 1.54) is 34.4 Å². The van der Waals surface area contributed by atoms with Crippen molar-refractivity contribution in [1.29, 1.82) is 0 Å². The number of non-ortho nitro benzene ring substituents is 1. The fourth-order valence-corrected chi connectivity index (χ4v) is 3.08. The number of benzene rings is 1. The van der Waals surface area contributed by atoms with Gasteiger partial charge in [0, 0.05) is 29.3 Å². The third kappa shape index (κ3) is 4.50. The molecule has 8 nitrogen and oxygen atoms in total. The van der Waals surface area contributed by atoms with Crippen molar-refractivity contribution in [3.63, 3.8) is 0 Å². The molecule has 27 heavy (non-hydrogen) atoms. The topological polar surface area (TPSA) is 104 Å². The maximum atomic E-state index is 12.1. The monoisotopic (exact) mass is 385 g/mol. The van der Waals surface area contributed by atoms with E-state index in [1.807, 2.05) is 13.0 Å². The van der Waals surface area contributed by atoms with Crippen LogP contribution >= 0.6 is 11.8 Å². The molecule has 0 saturated carbocycles. The van der Waals surface area contributed by atoms with E-state index in [9.17, 15) is 19.7 Å². The first-order valence-electron chi connectivity index (χ1n) is 7.95. The van der Waals surface area contributed by atoms with E-state index in [1.54, 1.807) is 24.4 Å². The second-order valence-electron chi connectivity index (χ2n) is 5.67. The molecule has 0 aliphatic carbocycles. The largest absolute Gasteiger partial charge is 0.459 e. The molecule has 9 heteroatoms. The first kappa shape index (κ1) is 18.6. The molecular weight excluding hydrogens is 370 g/mol. The van der Waals surface area contributed by atoms with E-state index in [2.05, 4.69) is 4.98 Å². The minimum Gasteiger partial charge on any atom is -0.459 e. The van der Waals surface area contributed by atoms with Crippen LogP contribution in [0.3, 0.4) is 0 Å². The SMILES string of the molecule is Cc1cccn2c(=O)cc(COC(=O)CSc3ccc([N+](=O)[O-])cc3)nc12. The van der Waals surface area contributed by atoms with Crippen molar-refractivity contribution in [3.05, 3.63) is 80.4 Å². The summed E-state index contributed by atoms with van der Waals surface area (Å²) in [6, 6.07) is 10.8. The molecule has 2 heterocycles. The number of carbonyl (C=O) groups is 1. The molecule has 2 aromatic heterocycles. The van der Waals surface area contributed by atoms with Gasteiger partial charge in [0.05, 0.1) is 16.4 Å². The van der Waals surface area contributed by atoms with E-state index in [-0.39, 0.29) is 23.6 Å². The first-order chi connectivity index (χ1) is 12.9. The number of esters is 1. The van der Waals surface area contributed by atoms with Crippen LogP contribution in [0, 0.1) is 17.0 Å². The van der Waals surface area contributed by atoms with Gasteiger partial charge < -0.3 is 4.74 Å². The van der Waals surface area contributed by atoms with Crippen molar-refractivity contribution in [2.75, 3.05) is 5.75 Å². The normalized spacial score (nSPS) is 10.7. The lowest BCUT2D eigenvalue weighted by Gasteiger charge is -2.07. The Balaban J connectivity index is 1.59. The minimum absolute atomic E-state index is 0.00844. The second-order valence-corrected chi connectivity index (χ2v) is 6.72. The Morgan fingerprint density at radius 1 is 1.30 bits per heavy atom. The molecule has 0 aliphatic heterocycles. The van der Waals surface area contributed by atoms with Crippen LogP contribution in [0.1, 0.15) is 11.3 Å². The average Bonchev–Trinajstić information content (AvgIpc) is 2.66. The minimum atomic E-state index is -0.483. The summed E-state index contributed by atoms with van der Waals surface area (Å²) in [5.74, 6) is -0.422. The highest BCUT2D eigenvalue weighted by molar-refractivity contribution is 8.00. The van der Waals surface area contributed by atoms with Gasteiger partial charge in [-0.25, -0.2) is 4.98 Å². The summed E-state index contributed by atoms with van der Waals surface area (Å²) in [7, 11) is 0. The van der Waals surface area contributed by atoms with E-state index < -0.39 is 10.9 Å². The van der Waals surface area contributed by atoms with Gasteiger partial charge in [0.25, 0.3) is 11.2 Å². The van der Waals surface area contributed by atoms with Crippen LogP contribution in [-0.2, 0) is 16.1 Å². The number of hydrogen-bond acceptors (Lipinski definition) is 7. The van der Waals surface area contributed by atoms with Gasteiger partial charge in [-0.05, 0) is 30.7 Å². The molecule has 0 N–H and O–H groups in total. The highest BCUT2D eigenvalue weighted by Gasteiger charge is 2.10. The summed E-state index contributed by atoms with van der Waals surface area (Å²) in [6.45, 7) is 1.75. The molecule has 138 valence electrons. The summed E-state index contributed by atoms with van der Waals surface area (Å²) in [6.07, 6.45) is 1.63. The third-order valence-electron chi connectivity index (χ3n) is 3.72. The van der Waals surface area contributed by atoms with Gasteiger partial charge in [-0.1, -0.05) is 6.07 Å². The second kappa shape index (κ2) is 8.00. The average molecular weight is 385 g/mol. The summed E-state index contributed by atoms with van der Waals surface area (Å²) >= 11 is 1.21. The molecule has 0 aliphatic rings. The van der Waals surface area contributed by atoms with Gasteiger partial charge in [0.1, 0.15) is 12.3 Å². The maximum absolute atomic E-state index is 12.1. The Labute approximate surface area is 158 Å². The summed E-state index contributed by atoms with van der Waals surface area (Å²) in [5, 5.41) is 10.6. The number of rotatable bonds is 6. The van der Waals surface area contributed by atoms with E-state index >= 15 is 0 Å². The zero-order valence-corrected chi connectivity index (χ0v) is 15.1. The molecule has 0 fully saturated rings. The quantitative estimate of drug-likeness (QED) is 0.278. The van der Waals surface area contributed by atoms with E-state index in [0.717, 1.165) is 10.5 Å². The molecule has 0 saturated heterocycles. The molecule has 3 aromatic rings. The molecule has 0 spiro atoms. The number of nitro groups is 1. The van der Waals surface area contributed by atoms with E-state index in [4.69, 9.17) is 4.74 Å². The molecule has 0 atom stereocenters. The van der Waals surface area contributed by atoms with Gasteiger partial charge in [0.2, 0.25) is 0 Å². The summed E-state index contributed by atoms with van der Waals surface area (Å²) in [4.78, 5) is 39.3. The molecule has 0 amide bonds. The Morgan fingerprint density at radius 2 is 2.04 bits per heavy atom. The summed E-state index contributed by atoms with van der Waals surface area (Å²) < 4.78 is 6.61. The predicted molar refractivity (Wildman–Crippen MR) is 99.8 cm³/mol. The van der Waals surface area contributed by atoms with Crippen molar-refractivity contribution >= 4 is 29.1 Å².